The molecule has 1 aromatic carbocycles. The van der Waals surface area contributed by atoms with Gasteiger partial charge in [0.15, 0.2) is 0 Å². The highest BCUT2D eigenvalue weighted by atomic mass is 16.1. The van der Waals surface area contributed by atoms with E-state index < -0.39 is 0 Å². The average Bonchev–Trinajstić information content (AvgIpc) is 3.01. The molecule has 0 fully saturated rings. The first-order chi connectivity index (χ1) is 9.75. The predicted octanol–water partition coefficient (Wildman–Crippen LogP) is 0.941. The number of carbonyl (C=O) groups excluding carboxylic acids is 1. The summed E-state index contributed by atoms with van der Waals surface area (Å²) in [5.41, 5.74) is 3.11. The van der Waals surface area contributed by atoms with Gasteiger partial charge in [0, 0.05) is 12.1 Å². The Labute approximate surface area is 117 Å². The maximum atomic E-state index is 12.4. The topological polar surface area (TPSA) is 82.7 Å². The third kappa shape index (κ3) is 2.42. The second kappa shape index (κ2) is 5.42. The molecule has 1 atom stereocenters. The van der Waals surface area contributed by atoms with Crippen molar-refractivity contribution in [3.63, 3.8) is 0 Å². The van der Waals surface area contributed by atoms with Gasteiger partial charge in [-0.1, -0.05) is 12.1 Å². The second-order valence-corrected chi connectivity index (χ2v) is 4.94. The van der Waals surface area contributed by atoms with Gasteiger partial charge >= 0.3 is 0 Å². The molecule has 1 aliphatic rings. The van der Waals surface area contributed by atoms with Crippen molar-refractivity contribution in [2.45, 2.75) is 25.9 Å². The zero-order chi connectivity index (χ0) is 13.9. The molecular formula is C14H17N5O. The highest BCUT2D eigenvalue weighted by molar-refractivity contribution is 5.96. The number of hydrogen-bond acceptors (Lipinski definition) is 4. The first-order valence-electron chi connectivity index (χ1n) is 6.73. The van der Waals surface area contributed by atoms with Crippen LogP contribution in [0.15, 0.2) is 24.5 Å². The van der Waals surface area contributed by atoms with Crippen LogP contribution in [0.5, 0.6) is 0 Å². The molecule has 1 aromatic heterocycles. The molecule has 0 bridgehead atoms. The Bertz CT molecular complexity index is 608. The third-order valence-corrected chi connectivity index (χ3v) is 3.58. The molecule has 1 aliphatic heterocycles. The molecule has 0 spiro atoms. The molecule has 0 saturated carbocycles. The number of nitrogens with one attached hydrogen (secondary N) is 3. The molecule has 1 amide bonds. The summed E-state index contributed by atoms with van der Waals surface area (Å²) in [7, 11) is 0. The van der Waals surface area contributed by atoms with E-state index in [4.69, 9.17) is 0 Å². The Morgan fingerprint density at radius 2 is 2.35 bits per heavy atom. The number of amides is 1. The van der Waals surface area contributed by atoms with Gasteiger partial charge in [-0.15, -0.1) is 0 Å². The molecular weight excluding hydrogens is 254 g/mol. The monoisotopic (exact) mass is 271 g/mol. The number of nitrogens with zero attached hydrogens (tertiary/aromatic N) is 2. The lowest BCUT2D eigenvalue weighted by atomic mass is 9.95. The van der Waals surface area contributed by atoms with E-state index in [1.165, 1.54) is 11.9 Å². The largest absolute Gasteiger partial charge is 0.342 e. The summed E-state index contributed by atoms with van der Waals surface area (Å²) in [6.45, 7) is 3.62. The van der Waals surface area contributed by atoms with E-state index in [1.54, 1.807) is 0 Å². The lowest BCUT2D eigenvalue weighted by molar-refractivity contribution is 0.0937. The Balaban J connectivity index is 1.81. The minimum Gasteiger partial charge on any atom is -0.342 e. The fraction of sp³-hybridized carbons (Fsp3) is 0.357. The van der Waals surface area contributed by atoms with Crippen LogP contribution in [-0.2, 0) is 13.0 Å². The molecule has 2 heterocycles. The van der Waals surface area contributed by atoms with Crippen LogP contribution in [0.1, 0.15) is 40.3 Å². The van der Waals surface area contributed by atoms with Gasteiger partial charge in [0.1, 0.15) is 12.2 Å². The number of H-pyrrole nitrogens is 1. The summed E-state index contributed by atoms with van der Waals surface area (Å²) in [6.07, 6.45) is 2.32. The van der Waals surface area contributed by atoms with Crippen LogP contribution < -0.4 is 10.6 Å². The summed E-state index contributed by atoms with van der Waals surface area (Å²) < 4.78 is 0. The molecule has 3 rings (SSSR count). The minimum atomic E-state index is -0.192. The smallest absolute Gasteiger partial charge is 0.252 e. The van der Waals surface area contributed by atoms with Gasteiger partial charge < -0.3 is 10.6 Å². The number of aromatic nitrogens is 3. The number of hydrogen-bond donors (Lipinski definition) is 3. The number of aromatic amines is 1. The van der Waals surface area contributed by atoms with Gasteiger partial charge in [-0.05, 0) is 37.1 Å². The van der Waals surface area contributed by atoms with Crippen LogP contribution in [0.4, 0.5) is 0 Å². The second-order valence-electron chi connectivity index (χ2n) is 4.94. The summed E-state index contributed by atoms with van der Waals surface area (Å²) in [5.74, 6) is 0.595. The lowest BCUT2D eigenvalue weighted by Gasteiger charge is -2.20. The quantitative estimate of drug-likeness (QED) is 0.776. The predicted molar refractivity (Wildman–Crippen MR) is 74.1 cm³/mol. The van der Waals surface area contributed by atoms with Crippen LogP contribution in [0.2, 0.25) is 0 Å². The minimum absolute atomic E-state index is 0.0624. The number of fused-ring (bicyclic) bond motifs is 1. The Morgan fingerprint density at radius 3 is 3.15 bits per heavy atom. The Morgan fingerprint density at radius 1 is 1.45 bits per heavy atom. The van der Waals surface area contributed by atoms with Crippen LogP contribution >= 0.6 is 0 Å². The van der Waals surface area contributed by atoms with Crippen molar-refractivity contribution in [1.29, 1.82) is 0 Å². The zero-order valence-corrected chi connectivity index (χ0v) is 11.3. The fourth-order valence-electron chi connectivity index (χ4n) is 2.51. The maximum absolute atomic E-state index is 12.4. The molecule has 6 heteroatoms. The van der Waals surface area contributed by atoms with Gasteiger partial charge in [-0.3, -0.25) is 9.89 Å². The molecule has 0 saturated heterocycles. The fourth-order valence-corrected chi connectivity index (χ4v) is 2.51. The van der Waals surface area contributed by atoms with Crippen LogP contribution in [0, 0.1) is 0 Å². The van der Waals surface area contributed by atoms with E-state index in [0.717, 1.165) is 30.6 Å². The van der Waals surface area contributed by atoms with E-state index >= 15 is 0 Å². The summed E-state index contributed by atoms with van der Waals surface area (Å²) >= 11 is 0. The summed E-state index contributed by atoms with van der Waals surface area (Å²) in [5, 5.41) is 12.8. The van der Waals surface area contributed by atoms with Gasteiger partial charge in [0.05, 0.1) is 6.04 Å². The van der Waals surface area contributed by atoms with Gasteiger partial charge in [-0.25, -0.2) is 4.98 Å². The molecule has 6 nitrogen and oxygen atoms in total. The van der Waals surface area contributed by atoms with Crippen molar-refractivity contribution in [1.82, 2.24) is 25.8 Å². The van der Waals surface area contributed by atoms with Gasteiger partial charge in [0.2, 0.25) is 0 Å². The van der Waals surface area contributed by atoms with Crippen molar-refractivity contribution < 1.29 is 4.79 Å². The van der Waals surface area contributed by atoms with E-state index in [0.29, 0.717) is 5.82 Å². The highest BCUT2D eigenvalue weighted by Crippen LogP contribution is 2.19. The molecule has 3 N–H and O–H groups in total. The van der Waals surface area contributed by atoms with Crippen molar-refractivity contribution >= 4 is 5.91 Å². The standard InChI is InChI=1S/C14H17N5O/c1-9(13-16-8-17-19-13)18-14(20)12-4-2-3-10-7-15-6-5-11(10)12/h2-4,8-9,15H,5-7H2,1H3,(H,18,20)(H,16,17,19). The first kappa shape index (κ1) is 12.8. The lowest BCUT2D eigenvalue weighted by Crippen LogP contribution is -2.31. The summed E-state index contributed by atoms with van der Waals surface area (Å²) in [6, 6.07) is 5.69. The Kier molecular flexibility index (Phi) is 3.47. The Hall–Kier alpha value is -2.21. The van der Waals surface area contributed by atoms with Crippen molar-refractivity contribution in [3.8, 4) is 0 Å². The van der Waals surface area contributed by atoms with Crippen molar-refractivity contribution in [2.75, 3.05) is 6.54 Å². The number of carbonyl (C=O) groups is 1. The molecule has 2 aromatic rings. The van der Waals surface area contributed by atoms with Crippen molar-refractivity contribution in [2.24, 2.45) is 0 Å². The van der Waals surface area contributed by atoms with E-state index in [2.05, 4.69) is 31.9 Å². The van der Waals surface area contributed by atoms with Gasteiger partial charge in [-0.2, -0.15) is 5.10 Å². The average molecular weight is 271 g/mol. The summed E-state index contributed by atoms with van der Waals surface area (Å²) in [4.78, 5) is 16.5. The zero-order valence-electron chi connectivity index (χ0n) is 11.3. The van der Waals surface area contributed by atoms with E-state index in [1.807, 2.05) is 19.1 Å². The molecule has 1 unspecified atom stereocenters. The number of rotatable bonds is 3. The highest BCUT2D eigenvalue weighted by Gasteiger charge is 2.19. The number of benzene rings is 1. The molecule has 0 aliphatic carbocycles. The van der Waals surface area contributed by atoms with E-state index in [-0.39, 0.29) is 11.9 Å². The molecule has 0 radical (unpaired) electrons. The normalized spacial score (nSPS) is 15.4. The third-order valence-electron chi connectivity index (χ3n) is 3.58. The first-order valence-corrected chi connectivity index (χ1v) is 6.73. The van der Waals surface area contributed by atoms with Crippen LogP contribution in [0.3, 0.4) is 0 Å². The maximum Gasteiger partial charge on any atom is 0.252 e. The van der Waals surface area contributed by atoms with Crippen molar-refractivity contribution in [3.05, 3.63) is 47.0 Å². The van der Waals surface area contributed by atoms with E-state index in [9.17, 15) is 4.79 Å². The van der Waals surface area contributed by atoms with Crippen LogP contribution in [-0.4, -0.2) is 27.6 Å². The van der Waals surface area contributed by atoms with Crippen LogP contribution in [0.25, 0.3) is 0 Å². The molecule has 20 heavy (non-hydrogen) atoms. The van der Waals surface area contributed by atoms with Gasteiger partial charge in [0.25, 0.3) is 5.91 Å². The SMILES string of the molecule is CC(NC(=O)c1cccc2c1CCNC2)c1ncn[nH]1. The molecule has 104 valence electrons.